The molecule has 6 nitrogen and oxygen atoms in total. The summed E-state index contributed by atoms with van der Waals surface area (Å²) >= 11 is 5.98. The molecule has 2 heterocycles. The predicted octanol–water partition coefficient (Wildman–Crippen LogP) is 3.41. The monoisotopic (exact) mass is 314 g/mol. The molecule has 2 aromatic heterocycles. The Morgan fingerprint density at radius 3 is 2.68 bits per heavy atom. The molecule has 0 bridgehead atoms. The van der Waals surface area contributed by atoms with Crippen molar-refractivity contribution in [2.75, 3.05) is 17.7 Å². The van der Waals surface area contributed by atoms with Crippen LogP contribution in [-0.2, 0) is 0 Å². The number of benzene rings is 1. The summed E-state index contributed by atoms with van der Waals surface area (Å²) < 4.78 is 1.81. The summed E-state index contributed by atoms with van der Waals surface area (Å²) in [7, 11) is 1.76. The number of nitrogens with zero attached hydrogens (tertiary/aromatic N) is 4. The van der Waals surface area contributed by atoms with Crippen LogP contribution in [0.2, 0.25) is 5.02 Å². The van der Waals surface area contributed by atoms with Crippen molar-refractivity contribution in [1.82, 2.24) is 19.7 Å². The number of rotatable bonds is 4. The molecule has 22 heavy (non-hydrogen) atoms. The number of anilines is 3. The highest BCUT2D eigenvalue weighted by molar-refractivity contribution is 6.32. The molecule has 0 saturated carbocycles. The molecule has 0 unspecified atom stereocenters. The van der Waals surface area contributed by atoms with Crippen molar-refractivity contribution in [2.24, 2.45) is 0 Å². The zero-order valence-electron chi connectivity index (χ0n) is 12.2. The van der Waals surface area contributed by atoms with E-state index >= 15 is 0 Å². The standard InChI is InChI=1S/C15H15ClN6/c1-10-13(9-22(21-10)11-6-4-3-5-7-11)19-15-18-8-12(16)14(17-2)20-15/h3-9H,1-2H3,(H2,17,18,19,20). The second kappa shape index (κ2) is 6.03. The van der Waals surface area contributed by atoms with Crippen LogP contribution >= 0.6 is 11.6 Å². The number of para-hydroxylation sites is 1. The van der Waals surface area contributed by atoms with Gasteiger partial charge in [0.25, 0.3) is 0 Å². The van der Waals surface area contributed by atoms with Crippen molar-refractivity contribution in [3.63, 3.8) is 0 Å². The molecule has 0 aliphatic heterocycles. The van der Waals surface area contributed by atoms with Gasteiger partial charge < -0.3 is 10.6 Å². The molecule has 3 aromatic rings. The Morgan fingerprint density at radius 2 is 1.95 bits per heavy atom. The van der Waals surface area contributed by atoms with Crippen molar-refractivity contribution in [3.05, 3.63) is 53.4 Å². The van der Waals surface area contributed by atoms with Crippen LogP contribution in [0.25, 0.3) is 5.69 Å². The van der Waals surface area contributed by atoms with E-state index in [1.807, 2.05) is 48.1 Å². The molecule has 0 radical (unpaired) electrons. The summed E-state index contributed by atoms with van der Waals surface area (Å²) in [6.07, 6.45) is 3.46. The van der Waals surface area contributed by atoms with Crippen LogP contribution in [0.4, 0.5) is 17.5 Å². The zero-order valence-corrected chi connectivity index (χ0v) is 13.0. The molecule has 112 valence electrons. The smallest absolute Gasteiger partial charge is 0.229 e. The van der Waals surface area contributed by atoms with E-state index in [2.05, 4.69) is 25.7 Å². The van der Waals surface area contributed by atoms with Gasteiger partial charge in [-0.2, -0.15) is 10.1 Å². The molecular formula is C15H15ClN6. The fraction of sp³-hybridized carbons (Fsp3) is 0.133. The lowest BCUT2D eigenvalue weighted by atomic mass is 10.3. The van der Waals surface area contributed by atoms with Gasteiger partial charge in [-0.25, -0.2) is 9.67 Å². The predicted molar refractivity (Wildman–Crippen MR) is 88.2 cm³/mol. The van der Waals surface area contributed by atoms with Gasteiger partial charge in [0, 0.05) is 7.05 Å². The first kappa shape index (κ1) is 14.3. The maximum absolute atomic E-state index is 5.98. The molecule has 0 spiro atoms. The van der Waals surface area contributed by atoms with Crippen molar-refractivity contribution in [3.8, 4) is 5.69 Å². The largest absolute Gasteiger partial charge is 0.372 e. The third-order valence-electron chi connectivity index (χ3n) is 3.15. The Hall–Kier alpha value is -2.60. The summed E-state index contributed by atoms with van der Waals surface area (Å²) in [4.78, 5) is 8.48. The maximum Gasteiger partial charge on any atom is 0.229 e. The first-order valence-electron chi connectivity index (χ1n) is 6.76. The molecule has 0 aliphatic rings. The number of aryl methyl sites for hydroxylation is 1. The zero-order chi connectivity index (χ0) is 15.5. The van der Waals surface area contributed by atoms with Crippen LogP contribution < -0.4 is 10.6 Å². The van der Waals surface area contributed by atoms with E-state index in [0.29, 0.717) is 16.8 Å². The van der Waals surface area contributed by atoms with E-state index in [0.717, 1.165) is 17.1 Å². The highest BCUT2D eigenvalue weighted by Crippen LogP contribution is 2.23. The Labute approximate surface area is 133 Å². The summed E-state index contributed by atoms with van der Waals surface area (Å²) in [6.45, 7) is 1.93. The summed E-state index contributed by atoms with van der Waals surface area (Å²) in [5, 5.41) is 11.1. The molecule has 0 atom stereocenters. The number of halogens is 1. The van der Waals surface area contributed by atoms with Gasteiger partial charge in [-0.3, -0.25) is 0 Å². The Bertz CT molecular complexity index is 784. The van der Waals surface area contributed by atoms with Crippen molar-refractivity contribution in [2.45, 2.75) is 6.92 Å². The molecule has 2 N–H and O–H groups in total. The third-order valence-corrected chi connectivity index (χ3v) is 3.42. The van der Waals surface area contributed by atoms with Crippen LogP contribution in [-0.4, -0.2) is 26.8 Å². The molecular weight excluding hydrogens is 300 g/mol. The first-order chi connectivity index (χ1) is 10.7. The van der Waals surface area contributed by atoms with Gasteiger partial charge in [0.1, 0.15) is 10.8 Å². The molecule has 0 fully saturated rings. The lowest BCUT2D eigenvalue weighted by molar-refractivity contribution is 0.863. The maximum atomic E-state index is 5.98. The van der Waals surface area contributed by atoms with Crippen molar-refractivity contribution >= 4 is 29.1 Å². The van der Waals surface area contributed by atoms with Gasteiger partial charge >= 0.3 is 0 Å². The van der Waals surface area contributed by atoms with Gasteiger partial charge in [-0.15, -0.1) is 0 Å². The van der Waals surface area contributed by atoms with Gasteiger partial charge in [0.05, 0.1) is 29.5 Å². The second-order valence-electron chi connectivity index (χ2n) is 4.67. The number of nitrogens with one attached hydrogen (secondary N) is 2. The fourth-order valence-electron chi connectivity index (χ4n) is 2.02. The lowest BCUT2D eigenvalue weighted by Gasteiger charge is -2.06. The number of aromatic nitrogens is 4. The Balaban J connectivity index is 1.89. The highest BCUT2D eigenvalue weighted by atomic mass is 35.5. The molecule has 0 saturated heterocycles. The van der Waals surface area contributed by atoms with Crippen LogP contribution in [0, 0.1) is 6.92 Å². The third kappa shape index (κ3) is 2.87. The van der Waals surface area contributed by atoms with Gasteiger partial charge in [-0.05, 0) is 19.1 Å². The molecule has 0 amide bonds. The van der Waals surface area contributed by atoms with E-state index < -0.39 is 0 Å². The number of hydrogen-bond donors (Lipinski definition) is 2. The topological polar surface area (TPSA) is 67.7 Å². The van der Waals surface area contributed by atoms with Crippen LogP contribution in [0.15, 0.2) is 42.7 Å². The molecule has 1 aromatic carbocycles. The highest BCUT2D eigenvalue weighted by Gasteiger charge is 2.09. The van der Waals surface area contributed by atoms with E-state index in [4.69, 9.17) is 11.6 Å². The first-order valence-corrected chi connectivity index (χ1v) is 7.14. The lowest BCUT2D eigenvalue weighted by Crippen LogP contribution is -2.01. The molecule has 7 heteroatoms. The SMILES string of the molecule is CNc1nc(Nc2cn(-c3ccccc3)nc2C)ncc1Cl. The minimum atomic E-state index is 0.462. The quantitative estimate of drug-likeness (QED) is 0.772. The average molecular weight is 315 g/mol. The molecule has 0 aliphatic carbocycles. The normalized spacial score (nSPS) is 10.5. The summed E-state index contributed by atoms with van der Waals surface area (Å²) in [6, 6.07) is 9.91. The van der Waals surface area contributed by atoms with Gasteiger partial charge in [0.15, 0.2) is 0 Å². The molecule has 3 rings (SSSR count). The van der Waals surface area contributed by atoms with E-state index in [9.17, 15) is 0 Å². The van der Waals surface area contributed by atoms with Crippen LogP contribution in [0.5, 0.6) is 0 Å². The average Bonchev–Trinajstić information content (AvgIpc) is 2.91. The van der Waals surface area contributed by atoms with Gasteiger partial charge in [-0.1, -0.05) is 29.8 Å². The minimum absolute atomic E-state index is 0.462. The Morgan fingerprint density at radius 1 is 1.18 bits per heavy atom. The fourth-order valence-corrected chi connectivity index (χ4v) is 2.20. The van der Waals surface area contributed by atoms with Crippen LogP contribution in [0.1, 0.15) is 5.69 Å². The number of hydrogen-bond acceptors (Lipinski definition) is 5. The van der Waals surface area contributed by atoms with E-state index in [-0.39, 0.29) is 0 Å². The van der Waals surface area contributed by atoms with Gasteiger partial charge in [0.2, 0.25) is 5.95 Å². The van der Waals surface area contributed by atoms with Crippen LogP contribution in [0.3, 0.4) is 0 Å². The summed E-state index contributed by atoms with van der Waals surface area (Å²) in [5.74, 6) is 1.04. The Kier molecular flexibility index (Phi) is 3.93. The van der Waals surface area contributed by atoms with E-state index in [1.54, 1.807) is 13.2 Å². The second-order valence-corrected chi connectivity index (χ2v) is 5.08. The summed E-state index contributed by atoms with van der Waals surface area (Å²) in [5.41, 5.74) is 2.69. The van der Waals surface area contributed by atoms with Crippen molar-refractivity contribution < 1.29 is 0 Å². The minimum Gasteiger partial charge on any atom is -0.372 e. The van der Waals surface area contributed by atoms with E-state index in [1.165, 1.54) is 0 Å². The van der Waals surface area contributed by atoms with Crippen molar-refractivity contribution in [1.29, 1.82) is 0 Å².